The summed E-state index contributed by atoms with van der Waals surface area (Å²) in [6.45, 7) is 1.59. The molecule has 1 aromatic carbocycles. The Morgan fingerprint density at radius 2 is 2.16 bits per heavy atom. The summed E-state index contributed by atoms with van der Waals surface area (Å²) in [5.74, 6) is -0.517. The van der Waals surface area contributed by atoms with Crippen LogP contribution in [0.1, 0.15) is 31.2 Å². The molecule has 0 bridgehead atoms. The van der Waals surface area contributed by atoms with E-state index < -0.39 is 5.97 Å². The molecule has 0 aliphatic heterocycles. The Hall–Kier alpha value is -0.870. The van der Waals surface area contributed by atoms with Crippen LogP contribution in [0, 0.1) is 11.8 Å². The van der Waals surface area contributed by atoms with E-state index in [1.54, 1.807) is 0 Å². The molecule has 0 spiro atoms. The van der Waals surface area contributed by atoms with Crippen molar-refractivity contribution in [3.63, 3.8) is 0 Å². The van der Waals surface area contributed by atoms with Gasteiger partial charge in [0.25, 0.3) is 0 Å². The van der Waals surface area contributed by atoms with E-state index in [1.165, 1.54) is 5.56 Å². The third-order valence-electron chi connectivity index (χ3n) is 3.85. The first-order chi connectivity index (χ1) is 9.16. The highest BCUT2D eigenvalue weighted by Crippen LogP contribution is 2.29. The highest BCUT2D eigenvalue weighted by Gasteiger charge is 2.30. The SMILES string of the molecule is O=C(O)C1CCCCC1CNCc1cccc(Br)c1. The van der Waals surface area contributed by atoms with E-state index >= 15 is 0 Å². The molecule has 0 saturated heterocycles. The maximum absolute atomic E-state index is 11.2. The molecule has 4 heteroatoms. The van der Waals surface area contributed by atoms with Crippen molar-refractivity contribution >= 4 is 21.9 Å². The van der Waals surface area contributed by atoms with E-state index in [1.807, 2.05) is 12.1 Å². The smallest absolute Gasteiger partial charge is 0.306 e. The monoisotopic (exact) mass is 325 g/mol. The minimum absolute atomic E-state index is 0.163. The first-order valence-electron chi connectivity index (χ1n) is 6.85. The Morgan fingerprint density at radius 3 is 2.89 bits per heavy atom. The summed E-state index contributed by atoms with van der Waals surface area (Å²) in [5.41, 5.74) is 1.22. The van der Waals surface area contributed by atoms with Crippen LogP contribution in [0.15, 0.2) is 28.7 Å². The Morgan fingerprint density at radius 1 is 1.37 bits per heavy atom. The van der Waals surface area contributed by atoms with Gasteiger partial charge in [-0.3, -0.25) is 4.79 Å². The van der Waals surface area contributed by atoms with E-state index in [4.69, 9.17) is 0 Å². The van der Waals surface area contributed by atoms with Gasteiger partial charge in [0.2, 0.25) is 0 Å². The summed E-state index contributed by atoms with van der Waals surface area (Å²) < 4.78 is 1.08. The standard InChI is InChI=1S/C15H20BrNO2/c16-13-6-3-4-11(8-13)9-17-10-12-5-1-2-7-14(12)15(18)19/h3-4,6,8,12,14,17H,1-2,5,7,9-10H2,(H,18,19). The van der Waals surface area contributed by atoms with Gasteiger partial charge < -0.3 is 10.4 Å². The molecule has 2 atom stereocenters. The maximum Gasteiger partial charge on any atom is 0.306 e. The zero-order chi connectivity index (χ0) is 13.7. The van der Waals surface area contributed by atoms with Gasteiger partial charge >= 0.3 is 5.97 Å². The maximum atomic E-state index is 11.2. The molecule has 3 nitrogen and oxygen atoms in total. The molecular formula is C15H20BrNO2. The van der Waals surface area contributed by atoms with Crippen molar-refractivity contribution in [3.8, 4) is 0 Å². The number of nitrogens with one attached hydrogen (secondary N) is 1. The van der Waals surface area contributed by atoms with Crippen molar-refractivity contribution in [3.05, 3.63) is 34.3 Å². The predicted octanol–water partition coefficient (Wildman–Crippen LogP) is 3.43. The number of hydrogen-bond acceptors (Lipinski definition) is 2. The number of halogens is 1. The molecule has 1 fully saturated rings. The number of hydrogen-bond donors (Lipinski definition) is 2. The van der Waals surface area contributed by atoms with Crippen LogP contribution in [-0.4, -0.2) is 17.6 Å². The summed E-state index contributed by atoms with van der Waals surface area (Å²) in [6, 6.07) is 8.18. The van der Waals surface area contributed by atoms with Gasteiger partial charge in [0, 0.05) is 11.0 Å². The molecule has 0 amide bonds. The van der Waals surface area contributed by atoms with Gasteiger partial charge in [-0.1, -0.05) is 40.9 Å². The first kappa shape index (κ1) is 14.5. The largest absolute Gasteiger partial charge is 0.481 e. The predicted molar refractivity (Wildman–Crippen MR) is 78.9 cm³/mol. The number of rotatable bonds is 5. The van der Waals surface area contributed by atoms with E-state index in [2.05, 4.69) is 33.4 Å². The lowest BCUT2D eigenvalue weighted by Gasteiger charge is -2.28. The molecular weight excluding hydrogens is 306 g/mol. The highest BCUT2D eigenvalue weighted by molar-refractivity contribution is 9.10. The topological polar surface area (TPSA) is 49.3 Å². The zero-order valence-corrected chi connectivity index (χ0v) is 12.5. The van der Waals surface area contributed by atoms with E-state index in [9.17, 15) is 9.90 Å². The van der Waals surface area contributed by atoms with Gasteiger partial charge in [-0.05, 0) is 43.0 Å². The lowest BCUT2D eigenvalue weighted by Crippen LogP contribution is -2.34. The van der Waals surface area contributed by atoms with Crippen molar-refractivity contribution in [2.75, 3.05) is 6.54 Å². The van der Waals surface area contributed by atoms with Crippen LogP contribution >= 0.6 is 15.9 Å². The van der Waals surface area contributed by atoms with Gasteiger partial charge in [-0.15, -0.1) is 0 Å². The molecule has 0 radical (unpaired) electrons. The van der Waals surface area contributed by atoms with Gasteiger partial charge in [-0.25, -0.2) is 0 Å². The number of carboxylic acids is 1. The summed E-state index contributed by atoms with van der Waals surface area (Å²) in [4.78, 5) is 11.2. The summed E-state index contributed by atoms with van der Waals surface area (Å²) in [7, 11) is 0. The van der Waals surface area contributed by atoms with Gasteiger partial charge in [0.05, 0.1) is 5.92 Å². The number of aliphatic carboxylic acids is 1. The second-order valence-electron chi connectivity index (χ2n) is 5.25. The highest BCUT2D eigenvalue weighted by atomic mass is 79.9. The lowest BCUT2D eigenvalue weighted by molar-refractivity contribution is -0.144. The Balaban J connectivity index is 1.82. The third-order valence-corrected chi connectivity index (χ3v) is 4.34. The molecule has 104 valence electrons. The molecule has 19 heavy (non-hydrogen) atoms. The molecule has 1 aliphatic carbocycles. The fraction of sp³-hybridized carbons (Fsp3) is 0.533. The molecule has 2 N–H and O–H groups in total. The van der Waals surface area contributed by atoms with Crippen LogP contribution in [0.4, 0.5) is 0 Å². The van der Waals surface area contributed by atoms with Crippen molar-refractivity contribution in [2.45, 2.75) is 32.2 Å². The second kappa shape index (κ2) is 7.06. The summed E-state index contributed by atoms with van der Waals surface area (Å²) in [6.07, 6.45) is 4.08. The molecule has 1 aromatic rings. The minimum Gasteiger partial charge on any atom is -0.481 e. The second-order valence-corrected chi connectivity index (χ2v) is 6.17. The van der Waals surface area contributed by atoms with Crippen LogP contribution in [0.5, 0.6) is 0 Å². The summed E-state index contributed by atoms with van der Waals surface area (Å²) in [5, 5.41) is 12.6. The van der Waals surface area contributed by atoms with Crippen molar-refractivity contribution in [1.82, 2.24) is 5.32 Å². The van der Waals surface area contributed by atoms with E-state index in [0.29, 0.717) is 0 Å². The Labute approximate surface area is 122 Å². The molecule has 0 aromatic heterocycles. The number of carbonyl (C=O) groups is 1. The van der Waals surface area contributed by atoms with Gasteiger partial charge in [0.1, 0.15) is 0 Å². The average molecular weight is 326 g/mol. The van der Waals surface area contributed by atoms with Crippen LogP contribution in [0.25, 0.3) is 0 Å². The fourth-order valence-electron chi connectivity index (χ4n) is 2.83. The zero-order valence-electron chi connectivity index (χ0n) is 10.9. The van der Waals surface area contributed by atoms with Crippen LogP contribution in [0.3, 0.4) is 0 Å². The Kier molecular flexibility index (Phi) is 5.40. The minimum atomic E-state index is -0.631. The van der Waals surface area contributed by atoms with Crippen LogP contribution in [-0.2, 0) is 11.3 Å². The van der Waals surface area contributed by atoms with Crippen molar-refractivity contribution < 1.29 is 9.90 Å². The Bertz CT molecular complexity index is 436. The normalized spacial score (nSPS) is 23.2. The third kappa shape index (κ3) is 4.32. The van der Waals surface area contributed by atoms with Crippen LogP contribution in [0.2, 0.25) is 0 Å². The molecule has 0 heterocycles. The van der Waals surface area contributed by atoms with E-state index in [0.717, 1.165) is 43.2 Å². The summed E-state index contributed by atoms with van der Waals surface area (Å²) >= 11 is 3.45. The number of benzene rings is 1. The van der Waals surface area contributed by atoms with Crippen molar-refractivity contribution in [2.24, 2.45) is 11.8 Å². The van der Waals surface area contributed by atoms with Gasteiger partial charge in [0.15, 0.2) is 0 Å². The van der Waals surface area contributed by atoms with Crippen LogP contribution < -0.4 is 5.32 Å². The van der Waals surface area contributed by atoms with E-state index in [-0.39, 0.29) is 11.8 Å². The van der Waals surface area contributed by atoms with Gasteiger partial charge in [-0.2, -0.15) is 0 Å². The first-order valence-corrected chi connectivity index (χ1v) is 7.64. The molecule has 2 unspecified atom stereocenters. The lowest BCUT2D eigenvalue weighted by atomic mass is 9.79. The molecule has 1 aliphatic rings. The number of carboxylic acid groups (broad SMARTS) is 1. The average Bonchev–Trinajstić information content (AvgIpc) is 2.39. The fourth-order valence-corrected chi connectivity index (χ4v) is 3.27. The molecule has 2 rings (SSSR count). The quantitative estimate of drug-likeness (QED) is 0.871. The van der Waals surface area contributed by atoms with Crippen molar-refractivity contribution in [1.29, 1.82) is 0 Å². The molecule has 1 saturated carbocycles.